The maximum Gasteiger partial charge on any atom is 0.292 e. The van der Waals surface area contributed by atoms with Crippen LogP contribution in [-0.2, 0) is 0 Å². The molecule has 0 unspecified atom stereocenters. The minimum atomic E-state index is -0.773. The third-order valence-corrected chi connectivity index (χ3v) is 4.45. The number of benzene rings is 2. The lowest BCUT2D eigenvalue weighted by Gasteiger charge is -2.10. The summed E-state index contributed by atoms with van der Waals surface area (Å²) in [5.41, 5.74) is 2.68. The van der Waals surface area contributed by atoms with Crippen LogP contribution < -0.4 is 11.0 Å². The van der Waals surface area contributed by atoms with Crippen LogP contribution in [0.15, 0.2) is 58.4 Å². The zero-order valence-electron chi connectivity index (χ0n) is 16.6. The minimum Gasteiger partial charge on any atom is -0.266 e. The quantitative estimate of drug-likeness (QED) is 0.384. The van der Waals surface area contributed by atoms with Crippen LogP contribution in [0.3, 0.4) is 0 Å². The average molecular weight is 416 g/mol. The summed E-state index contributed by atoms with van der Waals surface area (Å²) in [5, 5.41) is 28.3. The number of nitro groups is 1. The van der Waals surface area contributed by atoms with Crippen LogP contribution in [-0.4, -0.2) is 26.8 Å². The lowest BCUT2D eigenvalue weighted by atomic mass is 10.1. The number of hydrogen-bond donors (Lipinski definition) is 1. The van der Waals surface area contributed by atoms with Crippen molar-refractivity contribution in [3.8, 4) is 11.8 Å². The minimum absolute atomic E-state index is 0.106. The Morgan fingerprint density at radius 3 is 2.55 bits per heavy atom. The van der Waals surface area contributed by atoms with Crippen LogP contribution in [0.1, 0.15) is 32.7 Å². The topological polar surface area (TPSA) is 143 Å². The van der Waals surface area contributed by atoms with Crippen molar-refractivity contribution in [3.05, 3.63) is 96.9 Å². The van der Waals surface area contributed by atoms with Crippen molar-refractivity contribution < 1.29 is 9.72 Å². The van der Waals surface area contributed by atoms with Crippen LogP contribution in [0.4, 0.5) is 5.69 Å². The molecule has 3 rings (SSSR count). The molecule has 0 aliphatic heterocycles. The van der Waals surface area contributed by atoms with E-state index in [9.17, 15) is 25.0 Å². The maximum absolute atomic E-state index is 12.6. The first-order valence-corrected chi connectivity index (χ1v) is 9.01. The molecule has 3 aromatic rings. The molecule has 2 aromatic carbocycles. The molecule has 0 aliphatic carbocycles. The molecule has 10 heteroatoms. The number of carbonyl (C=O) groups excluding carboxylic acids is 1. The molecule has 1 heterocycles. The van der Waals surface area contributed by atoms with E-state index in [2.05, 4.69) is 15.6 Å². The monoisotopic (exact) mass is 416 g/mol. The van der Waals surface area contributed by atoms with Crippen molar-refractivity contribution in [3.63, 3.8) is 0 Å². The molecular weight excluding hydrogens is 400 g/mol. The summed E-state index contributed by atoms with van der Waals surface area (Å²) < 4.78 is 0.978. The lowest BCUT2D eigenvalue weighted by Crippen LogP contribution is -2.31. The first-order valence-electron chi connectivity index (χ1n) is 9.01. The number of carbonyl (C=O) groups is 1. The first kappa shape index (κ1) is 21.1. The number of hydrogen-bond acceptors (Lipinski definition) is 7. The van der Waals surface area contributed by atoms with Crippen LogP contribution in [0.2, 0.25) is 0 Å². The fourth-order valence-corrected chi connectivity index (χ4v) is 2.79. The van der Waals surface area contributed by atoms with E-state index in [0.29, 0.717) is 5.69 Å². The van der Waals surface area contributed by atoms with E-state index in [1.54, 1.807) is 30.3 Å². The van der Waals surface area contributed by atoms with E-state index in [4.69, 9.17) is 0 Å². The molecule has 1 aromatic heterocycles. The molecule has 10 nitrogen and oxygen atoms in total. The van der Waals surface area contributed by atoms with E-state index in [-0.39, 0.29) is 28.1 Å². The van der Waals surface area contributed by atoms with Gasteiger partial charge in [-0.3, -0.25) is 19.7 Å². The maximum atomic E-state index is 12.6. The van der Waals surface area contributed by atoms with Crippen LogP contribution >= 0.6 is 0 Å². The Morgan fingerprint density at radius 2 is 1.90 bits per heavy atom. The van der Waals surface area contributed by atoms with Gasteiger partial charge >= 0.3 is 0 Å². The molecule has 0 aliphatic rings. The molecule has 0 bridgehead atoms. The predicted octanol–water partition coefficient (Wildman–Crippen LogP) is 2.39. The zero-order valence-corrected chi connectivity index (χ0v) is 16.6. The molecule has 0 saturated heterocycles. The fourth-order valence-electron chi connectivity index (χ4n) is 2.79. The Labute approximate surface area is 176 Å². The van der Waals surface area contributed by atoms with Gasteiger partial charge in [0.1, 0.15) is 11.6 Å². The molecule has 0 fully saturated rings. The van der Waals surface area contributed by atoms with Crippen molar-refractivity contribution in [1.82, 2.24) is 15.2 Å². The summed E-state index contributed by atoms with van der Waals surface area (Å²) in [4.78, 5) is 35.8. The standard InChI is InChI=1S/C21H16N6O4/c1-13-7-9-16(10-8-13)26-21(29)17(11-22)14(2)19(25-26)20(28)24-23-12-15-5-3-4-6-18(15)27(30)31/h3-10,12H,1-2H3,(H,24,28)/b23-12+. The van der Waals surface area contributed by atoms with Crippen molar-refractivity contribution >= 4 is 17.8 Å². The summed E-state index contributed by atoms with van der Waals surface area (Å²) in [6.45, 7) is 3.32. The molecule has 31 heavy (non-hydrogen) atoms. The summed E-state index contributed by atoms with van der Waals surface area (Å²) in [5.74, 6) is -0.773. The first-order chi connectivity index (χ1) is 14.8. The fraction of sp³-hybridized carbons (Fsp3) is 0.0952. The lowest BCUT2D eigenvalue weighted by molar-refractivity contribution is -0.385. The summed E-state index contributed by atoms with van der Waals surface area (Å²) in [6.07, 6.45) is 1.13. The predicted molar refractivity (Wildman–Crippen MR) is 112 cm³/mol. The van der Waals surface area contributed by atoms with E-state index in [0.717, 1.165) is 16.5 Å². The third-order valence-electron chi connectivity index (χ3n) is 4.45. The van der Waals surface area contributed by atoms with Crippen molar-refractivity contribution in [2.24, 2.45) is 5.10 Å². The molecular formula is C21H16N6O4. The van der Waals surface area contributed by atoms with Crippen molar-refractivity contribution in [1.29, 1.82) is 5.26 Å². The highest BCUT2D eigenvalue weighted by molar-refractivity contribution is 5.95. The average Bonchev–Trinajstić information content (AvgIpc) is 2.75. The second-order valence-electron chi connectivity index (χ2n) is 6.53. The summed E-state index contributed by atoms with van der Waals surface area (Å²) >= 11 is 0. The summed E-state index contributed by atoms with van der Waals surface area (Å²) in [7, 11) is 0. The highest BCUT2D eigenvalue weighted by Gasteiger charge is 2.20. The molecule has 0 radical (unpaired) electrons. The highest BCUT2D eigenvalue weighted by atomic mass is 16.6. The number of nitriles is 1. The summed E-state index contributed by atoms with van der Waals surface area (Å²) in [6, 6.07) is 14.5. The second-order valence-corrected chi connectivity index (χ2v) is 6.53. The molecule has 0 saturated carbocycles. The molecule has 1 amide bonds. The largest absolute Gasteiger partial charge is 0.292 e. The van der Waals surface area contributed by atoms with Crippen LogP contribution in [0.25, 0.3) is 5.69 Å². The smallest absolute Gasteiger partial charge is 0.266 e. The Hall–Kier alpha value is -4.65. The van der Waals surface area contributed by atoms with Gasteiger partial charge in [0, 0.05) is 11.6 Å². The van der Waals surface area contributed by atoms with Gasteiger partial charge in [0.15, 0.2) is 5.69 Å². The second kappa shape index (κ2) is 8.79. The number of nitro benzene ring substituents is 1. The zero-order chi connectivity index (χ0) is 22.5. The Kier molecular flexibility index (Phi) is 5.97. The van der Waals surface area contributed by atoms with Gasteiger partial charge in [-0.2, -0.15) is 20.1 Å². The number of nitrogens with zero attached hydrogens (tertiary/aromatic N) is 5. The number of aryl methyl sites for hydroxylation is 1. The van der Waals surface area contributed by atoms with Gasteiger partial charge in [-0.05, 0) is 32.0 Å². The molecule has 0 atom stereocenters. The van der Waals surface area contributed by atoms with Crippen molar-refractivity contribution in [2.45, 2.75) is 13.8 Å². The third kappa shape index (κ3) is 4.35. The van der Waals surface area contributed by atoms with Crippen LogP contribution in [0, 0.1) is 35.3 Å². The number of hydrazone groups is 1. The highest BCUT2D eigenvalue weighted by Crippen LogP contribution is 2.15. The Balaban J connectivity index is 1.97. The van der Waals surface area contributed by atoms with E-state index >= 15 is 0 Å². The SMILES string of the molecule is Cc1ccc(-n2nc(C(=O)N/N=C/c3ccccc3[N+](=O)[O-])c(C)c(C#N)c2=O)cc1. The van der Waals surface area contributed by atoms with Crippen molar-refractivity contribution in [2.75, 3.05) is 0 Å². The number of para-hydroxylation sites is 1. The van der Waals surface area contributed by atoms with E-state index in [1.165, 1.54) is 25.1 Å². The van der Waals surface area contributed by atoms with Gasteiger partial charge in [0.25, 0.3) is 17.2 Å². The van der Waals surface area contributed by atoms with Gasteiger partial charge in [-0.1, -0.05) is 29.8 Å². The van der Waals surface area contributed by atoms with Gasteiger partial charge in [-0.25, -0.2) is 5.43 Å². The molecule has 0 spiro atoms. The van der Waals surface area contributed by atoms with Gasteiger partial charge in [0.2, 0.25) is 0 Å². The number of aromatic nitrogens is 2. The van der Waals surface area contributed by atoms with Gasteiger partial charge in [-0.15, -0.1) is 0 Å². The number of amides is 1. The molecule has 154 valence electrons. The Morgan fingerprint density at radius 1 is 1.23 bits per heavy atom. The number of rotatable bonds is 5. The van der Waals surface area contributed by atoms with Crippen LogP contribution in [0.5, 0.6) is 0 Å². The van der Waals surface area contributed by atoms with E-state index < -0.39 is 16.4 Å². The van der Waals surface area contributed by atoms with Gasteiger partial charge < -0.3 is 0 Å². The van der Waals surface area contributed by atoms with Gasteiger partial charge in [0.05, 0.1) is 22.4 Å². The Bertz CT molecular complexity index is 1300. The molecule has 1 N–H and O–H groups in total. The number of nitrogens with one attached hydrogen (secondary N) is 1. The van der Waals surface area contributed by atoms with E-state index in [1.807, 2.05) is 13.0 Å². The normalized spacial score (nSPS) is 10.6.